The molecule has 0 unspecified atom stereocenters. The van der Waals surface area contributed by atoms with E-state index in [2.05, 4.69) is 17.3 Å². The second-order valence-corrected chi connectivity index (χ2v) is 5.07. The summed E-state index contributed by atoms with van der Waals surface area (Å²) in [5.41, 5.74) is 0. The largest absolute Gasteiger partial charge is 0.548 e. The van der Waals surface area contributed by atoms with Crippen LogP contribution in [0.3, 0.4) is 0 Å². The molecule has 1 amide bonds. The van der Waals surface area contributed by atoms with Gasteiger partial charge in [0.05, 0.1) is 32.7 Å². The van der Waals surface area contributed by atoms with E-state index in [4.69, 9.17) is 0 Å². The van der Waals surface area contributed by atoms with E-state index in [9.17, 15) is 14.7 Å². The molecular weight excluding hydrogens is 234 g/mol. The molecule has 1 rings (SSSR count). The lowest BCUT2D eigenvalue weighted by molar-refractivity contribution is -0.885. The number of nitrogens with zero attached hydrogens (tertiary/aromatic N) is 1. The van der Waals surface area contributed by atoms with Crippen molar-refractivity contribution in [1.29, 1.82) is 0 Å². The number of piperidine rings is 1. The molecule has 6 nitrogen and oxygen atoms in total. The Labute approximate surface area is 108 Å². The van der Waals surface area contributed by atoms with Crippen molar-refractivity contribution < 1.29 is 19.6 Å². The van der Waals surface area contributed by atoms with Crippen molar-refractivity contribution in [2.24, 2.45) is 0 Å². The number of nitrogens with one attached hydrogen (secondary N) is 2. The van der Waals surface area contributed by atoms with E-state index >= 15 is 0 Å². The van der Waals surface area contributed by atoms with E-state index in [0.29, 0.717) is 19.0 Å². The molecule has 0 aliphatic carbocycles. The molecular formula is C12H23N3O3. The number of amides is 1. The number of hydrogen-bond acceptors (Lipinski definition) is 4. The Hall–Kier alpha value is -1.14. The van der Waals surface area contributed by atoms with Gasteiger partial charge in [0.2, 0.25) is 5.91 Å². The fourth-order valence-corrected chi connectivity index (χ4v) is 2.26. The Kier molecular flexibility index (Phi) is 6.07. The Bertz CT molecular complexity index is 288. The van der Waals surface area contributed by atoms with Gasteiger partial charge in [0.25, 0.3) is 0 Å². The van der Waals surface area contributed by atoms with E-state index in [0.717, 1.165) is 12.8 Å². The Morgan fingerprint density at radius 3 is 2.56 bits per heavy atom. The maximum atomic E-state index is 11.4. The fourth-order valence-electron chi connectivity index (χ4n) is 2.26. The van der Waals surface area contributed by atoms with Crippen LogP contribution in [-0.2, 0) is 9.59 Å². The zero-order valence-electron chi connectivity index (χ0n) is 11.2. The van der Waals surface area contributed by atoms with Crippen molar-refractivity contribution in [1.82, 2.24) is 10.2 Å². The SMILES string of the molecule is CN(CCC(=O)NCC(=O)[O-])C1CC[NH+](C)CC1. The summed E-state index contributed by atoms with van der Waals surface area (Å²) in [6.07, 6.45) is 2.65. The highest BCUT2D eigenvalue weighted by Gasteiger charge is 2.22. The molecule has 0 radical (unpaired) electrons. The summed E-state index contributed by atoms with van der Waals surface area (Å²) in [6.45, 7) is 2.61. The highest BCUT2D eigenvalue weighted by Crippen LogP contribution is 2.07. The zero-order chi connectivity index (χ0) is 13.5. The lowest BCUT2D eigenvalue weighted by Gasteiger charge is -2.33. The molecule has 104 valence electrons. The van der Waals surface area contributed by atoms with Gasteiger partial charge >= 0.3 is 0 Å². The average molecular weight is 257 g/mol. The number of quaternary nitrogens is 1. The van der Waals surface area contributed by atoms with Crippen molar-refractivity contribution in [3.63, 3.8) is 0 Å². The average Bonchev–Trinajstić information content (AvgIpc) is 2.34. The number of carbonyl (C=O) groups is 2. The zero-order valence-corrected chi connectivity index (χ0v) is 11.2. The molecule has 0 atom stereocenters. The van der Waals surface area contributed by atoms with Gasteiger partial charge in [-0.3, -0.25) is 4.79 Å². The van der Waals surface area contributed by atoms with E-state index < -0.39 is 12.5 Å². The van der Waals surface area contributed by atoms with Gasteiger partial charge in [-0.1, -0.05) is 0 Å². The van der Waals surface area contributed by atoms with E-state index in [1.165, 1.54) is 13.1 Å². The third-order valence-corrected chi connectivity index (χ3v) is 3.55. The third-order valence-electron chi connectivity index (χ3n) is 3.55. The van der Waals surface area contributed by atoms with Crippen LogP contribution in [0.5, 0.6) is 0 Å². The lowest BCUT2D eigenvalue weighted by Crippen LogP contribution is -3.10. The number of hydrogen-bond donors (Lipinski definition) is 2. The number of carboxylic acid groups (broad SMARTS) is 1. The molecule has 0 aromatic carbocycles. The number of likely N-dealkylation sites (tertiary alicyclic amines) is 1. The summed E-state index contributed by atoms with van der Waals surface area (Å²) in [4.78, 5) is 25.3. The van der Waals surface area contributed by atoms with Gasteiger partial charge in [-0.05, 0) is 7.05 Å². The first kappa shape index (κ1) is 14.9. The fraction of sp³-hybridized carbons (Fsp3) is 0.833. The topological polar surface area (TPSA) is 76.9 Å². The highest BCUT2D eigenvalue weighted by atomic mass is 16.4. The summed E-state index contributed by atoms with van der Waals surface area (Å²) in [6, 6.07) is 0.544. The summed E-state index contributed by atoms with van der Waals surface area (Å²) in [7, 11) is 4.22. The molecule has 1 aliphatic heterocycles. The van der Waals surface area contributed by atoms with Crippen LogP contribution in [0.4, 0.5) is 0 Å². The molecule has 0 bridgehead atoms. The van der Waals surface area contributed by atoms with Crippen molar-refractivity contribution in [3.8, 4) is 0 Å². The van der Waals surface area contributed by atoms with Gasteiger partial charge in [0, 0.05) is 31.8 Å². The Balaban J connectivity index is 2.18. The van der Waals surface area contributed by atoms with Crippen LogP contribution in [-0.4, -0.2) is 63.1 Å². The quantitative estimate of drug-likeness (QED) is 0.527. The minimum atomic E-state index is -1.25. The molecule has 2 N–H and O–H groups in total. The molecule has 18 heavy (non-hydrogen) atoms. The first-order valence-electron chi connectivity index (χ1n) is 6.47. The summed E-state index contributed by atoms with van der Waals surface area (Å²) >= 11 is 0. The molecule has 1 heterocycles. The number of carbonyl (C=O) groups excluding carboxylic acids is 2. The Morgan fingerprint density at radius 1 is 1.39 bits per heavy atom. The van der Waals surface area contributed by atoms with Crippen molar-refractivity contribution in [3.05, 3.63) is 0 Å². The van der Waals surface area contributed by atoms with Crippen LogP contribution in [0.25, 0.3) is 0 Å². The molecule has 0 spiro atoms. The summed E-state index contributed by atoms with van der Waals surface area (Å²) in [5, 5.41) is 12.5. The van der Waals surface area contributed by atoms with Crippen molar-refractivity contribution >= 4 is 11.9 Å². The molecule has 1 saturated heterocycles. The van der Waals surface area contributed by atoms with Crippen LogP contribution in [0.1, 0.15) is 19.3 Å². The monoisotopic (exact) mass is 257 g/mol. The molecule has 1 aliphatic rings. The van der Waals surface area contributed by atoms with Gasteiger partial charge in [0.1, 0.15) is 0 Å². The van der Waals surface area contributed by atoms with Crippen LogP contribution >= 0.6 is 0 Å². The molecule has 0 aromatic rings. The van der Waals surface area contributed by atoms with Gasteiger partial charge in [-0.2, -0.15) is 0 Å². The van der Waals surface area contributed by atoms with E-state index in [1.807, 2.05) is 7.05 Å². The number of rotatable bonds is 6. The van der Waals surface area contributed by atoms with Crippen LogP contribution in [0.2, 0.25) is 0 Å². The first-order chi connectivity index (χ1) is 8.49. The van der Waals surface area contributed by atoms with Crippen LogP contribution in [0, 0.1) is 0 Å². The molecule has 0 saturated carbocycles. The standard InChI is InChI=1S/C12H23N3O3/c1-14-6-3-10(4-7-14)15(2)8-5-11(16)13-9-12(17)18/h10H,3-9H2,1-2H3,(H,13,16)(H,17,18). The summed E-state index contributed by atoms with van der Waals surface area (Å²) in [5.74, 6) is -1.49. The molecule has 6 heteroatoms. The normalized spacial score (nSPS) is 23.9. The Morgan fingerprint density at radius 2 is 2.00 bits per heavy atom. The molecule has 0 aromatic heterocycles. The van der Waals surface area contributed by atoms with Crippen LogP contribution in [0.15, 0.2) is 0 Å². The highest BCUT2D eigenvalue weighted by molar-refractivity contribution is 5.80. The van der Waals surface area contributed by atoms with Crippen molar-refractivity contribution in [2.45, 2.75) is 25.3 Å². The molecule has 1 fully saturated rings. The third kappa shape index (κ3) is 5.46. The maximum absolute atomic E-state index is 11.4. The maximum Gasteiger partial charge on any atom is 0.221 e. The predicted molar refractivity (Wildman–Crippen MR) is 64.9 cm³/mol. The van der Waals surface area contributed by atoms with E-state index in [1.54, 1.807) is 4.90 Å². The predicted octanol–water partition coefficient (Wildman–Crippen LogP) is -3.15. The first-order valence-corrected chi connectivity index (χ1v) is 6.47. The van der Waals surface area contributed by atoms with Gasteiger partial charge in [-0.15, -0.1) is 0 Å². The second-order valence-electron chi connectivity index (χ2n) is 5.07. The minimum Gasteiger partial charge on any atom is -0.548 e. The lowest BCUT2D eigenvalue weighted by atomic mass is 10.0. The van der Waals surface area contributed by atoms with Gasteiger partial charge < -0.3 is 25.0 Å². The summed E-state index contributed by atoms with van der Waals surface area (Å²) < 4.78 is 0. The van der Waals surface area contributed by atoms with E-state index in [-0.39, 0.29) is 5.91 Å². The van der Waals surface area contributed by atoms with Crippen LogP contribution < -0.4 is 15.3 Å². The minimum absolute atomic E-state index is 0.232. The smallest absolute Gasteiger partial charge is 0.221 e. The number of carboxylic acids is 1. The second kappa shape index (κ2) is 7.33. The van der Waals surface area contributed by atoms with Gasteiger partial charge in [0.15, 0.2) is 0 Å². The van der Waals surface area contributed by atoms with Gasteiger partial charge in [-0.25, -0.2) is 0 Å². The number of aliphatic carboxylic acids is 1. The van der Waals surface area contributed by atoms with Crippen molar-refractivity contribution in [2.75, 3.05) is 40.3 Å².